The van der Waals surface area contributed by atoms with Gasteiger partial charge >= 0.3 is 11.9 Å². The number of benzene rings is 10. The summed E-state index contributed by atoms with van der Waals surface area (Å²) in [7, 11) is -19.4. The summed E-state index contributed by atoms with van der Waals surface area (Å²) in [5, 5.41) is 113. The van der Waals surface area contributed by atoms with Gasteiger partial charge in [-0.05, 0) is 132 Å². The quantitative estimate of drug-likeness (QED) is 0.0264. The van der Waals surface area contributed by atoms with E-state index >= 15 is 0 Å². The molecule has 0 unspecified atom stereocenters. The normalized spacial score (nSPS) is 12.4. The summed E-state index contributed by atoms with van der Waals surface area (Å²) in [6.45, 7) is 0. The largest absolute Gasteiger partial charge is 0.506 e. The fraction of sp³-hybridized carbons (Fsp3) is 0. The molecule has 0 bridgehead atoms. The molecule has 0 aliphatic heterocycles. The van der Waals surface area contributed by atoms with Crippen LogP contribution in [0.3, 0.4) is 0 Å². The minimum Gasteiger partial charge on any atom is -0.506 e. The van der Waals surface area contributed by atoms with E-state index in [4.69, 9.17) is 10.3 Å². The summed E-state index contributed by atoms with van der Waals surface area (Å²) in [6, 6.07) is 36.4. The Hall–Kier alpha value is -11.5. The van der Waals surface area contributed by atoms with Gasteiger partial charge in [0.2, 0.25) is 20.0 Å². The van der Waals surface area contributed by atoms with Gasteiger partial charge in [0.15, 0.2) is 11.5 Å². The van der Waals surface area contributed by atoms with Crippen molar-refractivity contribution in [3.63, 3.8) is 0 Å². The van der Waals surface area contributed by atoms with Crippen molar-refractivity contribution in [1.29, 1.82) is 0 Å². The number of carboxylic acids is 2. The first-order valence-corrected chi connectivity index (χ1v) is 31.8. The van der Waals surface area contributed by atoms with Crippen molar-refractivity contribution in [2.45, 2.75) is 19.6 Å². The molecule has 34 heteroatoms. The molecule has 0 heterocycles. The van der Waals surface area contributed by atoms with Gasteiger partial charge in [-0.15, -0.1) is 40.9 Å². The molecule has 0 fully saturated rings. The van der Waals surface area contributed by atoms with E-state index in [0.717, 1.165) is 72.8 Å². The van der Waals surface area contributed by atoms with Crippen LogP contribution in [-0.4, -0.2) is 85.4 Å². The molecule has 92 heavy (non-hydrogen) atoms. The number of aromatic hydroxyl groups is 4. The van der Waals surface area contributed by atoms with Gasteiger partial charge in [-0.2, -0.15) is 16.8 Å². The zero-order valence-corrected chi connectivity index (χ0v) is 49.5. The number of carboxylic acid groups (broad SMARTS) is 2. The number of aromatic carboxylic acids is 2. The first-order valence-electron chi connectivity index (χ1n) is 25.8. The lowest BCUT2D eigenvalue weighted by atomic mass is 9.99. The molecule has 0 spiro atoms. The van der Waals surface area contributed by atoms with Crippen LogP contribution in [0, 0.1) is 0 Å². The number of nitrogens with two attached hydrogens (primary N) is 2. The fourth-order valence-electron chi connectivity index (χ4n) is 9.05. The van der Waals surface area contributed by atoms with Crippen molar-refractivity contribution in [2.24, 2.45) is 51.2 Å². The number of azo groups is 4. The zero-order chi connectivity index (χ0) is 66.2. The van der Waals surface area contributed by atoms with Crippen molar-refractivity contribution in [3.05, 3.63) is 181 Å². The highest BCUT2D eigenvalue weighted by Gasteiger charge is 2.28. The third-order valence-electron chi connectivity index (χ3n) is 13.4. The molecular weight excluding hydrogens is 1280 g/mol. The van der Waals surface area contributed by atoms with Crippen molar-refractivity contribution in [1.82, 2.24) is 0 Å². The molecule has 10 aromatic carbocycles. The van der Waals surface area contributed by atoms with E-state index in [1.807, 2.05) is 0 Å². The maximum atomic E-state index is 13.1. The molecule has 14 N–H and O–H groups in total. The number of primary sulfonamides is 2. The molecule has 10 aromatic rings. The van der Waals surface area contributed by atoms with E-state index in [9.17, 15) is 83.0 Å². The number of anilines is 4. The minimum absolute atomic E-state index is 0.0214. The number of phenols is 4. The summed E-state index contributed by atoms with van der Waals surface area (Å²) in [5.74, 6) is -6.25. The van der Waals surface area contributed by atoms with Gasteiger partial charge in [-0.25, -0.2) is 36.7 Å². The van der Waals surface area contributed by atoms with Crippen LogP contribution in [0.2, 0.25) is 0 Å². The number of nitrogens with one attached hydrogen (secondary N) is 2. The third-order valence-corrected chi connectivity index (χ3v) is 17.0. The predicted octanol–water partition coefficient (Wildman–Crippen LogP) is 12.8. The van der Waals surface area contributed by atoms with Crippen LogP contribution in [0.4, 0.5) is 68.2 Å². The average molecular weight is 1320 g/mol. The highest BCUT2D eigenvalue weighted by molar-refractivity contribution is 7.89. The molecule has 0 aliphatic carbocycles. The Bertz CT molecular complexity index is 5020. The summed E-state index contributed by atoms with van der Waals surface area (Å²) in [4.78, 5) is 22.6. The second-order valence-corrected chi connectivity index (χ2v) is 25.4. The standard InChI is InChI=1S/C58H42N12O18S4/c59-89(79,80)33-13-21-47(71)45(25-33)65-67-51-37-27-49(91(83,84)85)53(55(73)35(37)15-19-43(51)61-31-7-3-1-4-8-31)69-63-41-17-11-29(23-39(41)57(75)76)30-12-18-42(40(24-30)58(77)78)64-70-54-50(92(86,87)88)28-38-36(56(54)74)16-20-44(62-32-9-5-2-6-10-32)52(38)68-66-46-26-34(90(60,81)82)14-22-48(46)72/h1-28,61-62,71-74H,(H,75,76)(H,77,78)(H2,59,79,80)(H2,60,81,82)(H,83,84,85)(H,86,87,88). The first-order chi connectivity index (χ1) is 43.4. The van der Waals surface area contributed by atoms with Gasteiger partial charge in [0.1, 0.15) is 66.8 Å². The SMILES string of the molecule is NS(=O)(=O)c1ccc(O)c(N=Nc2c(Nc3ccccc3)ccc3c(O)c(N=Nc4ccc(-c5ccc(N=Nc6c(S(=O)(=O)O)cc7c(N=Nc8cc(S(N)(=O)=O)ccc8O)c(Nc8ccccc8)ccc7c6O)c(C(=O)O)c5)cc4C(=O)O)c(S(=O)(=O)O)cc23)c1. The topological polar surface area (TPSA) is 508 Å². The van der Waals surface area contributed by atoms with Crippen LogP contribution in [-0.2, 0) is 40.3 Å². The van der Waals surface area contributed by atoms with Crippen LogP contribution in [0.15, 0.2) is 230 Å². The van der Waals surface area contributed by atoms with Gasteiger partial charge in [0.05, 0.1) is 32.3 Å². The Morgan fingerprint density at radius 3 is 1.05 bits per heavy atom. The number of sulfonamides is 2. The monoisotopic (exact) mass is 1320 g/mol. The van der Waals surface area contributed by atoms with Crippen LogP contribution in [0.1, 0.15) is 20.7 Å². The van der Waals surface area contributed by atoms with Gasteiger partial charge in [0.25, 0.3) is 20.2 Å². The Kier molecular flexibility index (Phi) is 17.1. The van der Waals surface area contributed by atoms with Crippen molar-refractivity contribution in [3.8, 4) is 34.1 Å². The number of hydrogen-bond donors (Lipinski definition) is 12. The zero-order valence-electron chi connectivity index (χ0n) is 46.2. The molecule has 466 valence electrons. The lowest BCUT2D eigenvalue weighted by molar-refractivity contribution is 0.0686. The second-order valence-electron chi connectivity index (χ2n) is 19.5. The highest BCUT2D eigenvalue weighted by atomic mass is 32.2. The molecule has 0 saturated carbocycles. The summed E-state index contributed by atoms with van der Waals surface area (Å²) >= 11 is 0. The lowest BCUT2D eigenvalue weighted by Crippen LogP contribution is -2.11. The number of para-hydroxylation sites is 2. The number of phenolic OH excluding ortho intramolecular Hbond substituents is 4. The molecule has 10 rings (SSSR count). The van der Waals surface area contributed by atoms with E-state index in [-0.39, 0.29) is 55.4 Å². The van der Waals surface area contributed by atoms with Crippen molar-refractivity contribution >= 4 is 142 Å². The van der Waals surface area contributed by atoms with E-state index in [1.165, 1.54) is 36.4 Å². The molecule has 0 atom stereocenters. The summed E-state index contributed by atoms with van der Waals surface area (Å²) < 4.78 is 122. The second kappa shape index (κ2) is 24.8. The molecule has 0 saturated heterocycles. The molecule has 0 aliphatic rings. The van der Waals surface area contributed by atoms with Gasteiger partial charge in [0, 0.05) is 32.9 Å². The third kappa shape index (κ3) is 13.6. The van der Waals surface area contributed by atoms with Gasteiger partial charge in [-0.3, -0.25) is 9.11 Å². The minimum atomic E-state index is -5.38. The first kappa shape index (κ1) is 63.5. The molecule has 0 amide bonds. The number of carbonyl (C=O) groups is 2. The fourth-order valence-corrected chi connectivity index (χ4v) is 11.4. The average Bonchev–Trinajstić information content (AvgIpc) is 0.764. The van der Waals surface area contributed by atoms with Gasteiger partial charge in [-0.1, -0.05) is 48.5 Å². The van der Waals surface area contributed by atoms with Crippen LogP contribution in [0.25, 0.3) is 32.7 Å². The van der Waals surface area contributed by atoms with Crippen LogP contribution < -0.4 is 20.9 Å². The Balaban J connectivity index is 1.01. The molecule has 30 nitrogen and oxygen atoms in total. The van der Waals surface area contributed by atoms with E-state index in [1.54, 1.807) is 60.7 Å². The maximum absolute atomic E-state index is 13.1. The number of hydrogen-bond acceptors (Lipinski definition) is 24. The molecule has 0 aromatic heterocycles. The lowest BCUT2D eigenvalue weighted by Gasteiger charge is -2.15. The van der Waals surface area contributed by atoms with Crippen LogP contribution in [0.5, 0.6) is 23.0 Å². The van der Waals surface area contributed by atoms with Crippen molar-refractivity contribution in [2.75, 3.05) is 10.6 Å². The predicted molar refractivity (Wildman–Crippen MR) is 332 cm³/mol. The van der Waals surface area contributed by atoms with E-state index < -0.39 is 140 Å². The maximum Gasteiger partial charge on any atom is 0.337 e. The van der Waals surface area contributed by atoms with E-state index in [0.29, 0.717) is 11.4 Å². The van der Waals surface area contributed by atoms with Crippen LogP contribution >= 0.6 is 0 Å². The number of nitrogens with zero attached hydrogens (tertiary/aromatic N) is 8. The van der Waals surface area contributed by atoms with Gasteiger partial charge < -0.3 is 41.3 Å². The molecular formula is C58H42N12O18S4. The Labute approximate surface area is 518 Å². The van der Waals surface area contributed by atoms with E-state index in [2.05, 4.69) is 51.5 Å². The summed E-state index contributed by atoms with van der Waals surface area (Å²) in [5.41, 5.74) is -4.06. The highest BCUT2D eigenvalue weighted by Crippen LogP contribution is 2.50. The number of rotatable bonds is 19. The number of fused-ring (bicyclic) bond motifs is 2. The smallest absolute Gasteiger partial charge is 0.337 e. The summed E-state index contributed by atoms with van der Waals surface area (Å²) in [6.07, 6.45) is 0. The Morgan fingerprint density at radius 2 is 0.717 bits per heavy atom. The van der Waals surface area contributed by atoms with Crippen molar-refractivity contribution < 1.29 is 83.0 Å². The molecule has 0 radical (unpaired) electrons. The Morgan fingerprint density at radius 1 is 0.370 bits per heavy atom.